The summed E-state index contributed by atoms with van der Waals surface area (Å²) in [6.07, 6.45) is 1.10. The summed E-state index contributed by atoms with van der Waals surface area (Å²) in [5.41, 5.74) is 1.23. The number of aliphatic hydroxyl groups is 1. The molecule has 0 atom stereocenters. The van der Waals surface area contributed by atoms with E-state index >= 15 is 0 Å². The molecule has 3 N–H and O–H groups in total. The SMILES string of the molecule is Cc1[nH]c2c(-c3cc(C(F)(F)F)ccc3OCC3CC3)ncnc2c1C(=O)N[C@H]1CC[C@H](O)CC1. The molecule has 2 aliphatic rings. The lowest BCUT2D eigenvalue weighted by Crippen LogP contribution is -2.38. The number of fused-ring (bicyclic) bond motifs is 1. The first-order chi connectivity index (χ1) is 16.7. The minimum atomic E-state index is -4.53. The van der Waals surface area contributed by atoms with Crippen molar-refractivity contribution in [2.24, 2.45) is 5.92 Å². The highest BCUT2D eigenvalue weighted by molar-refractivity contribution is 6.09. The molecule has 0 spiro atoms. The summed E-state index contributed by atoms with van der Waals surface area (Å²) in [6, 6.07) is 3.31. The smallest absolute Gasteiger partial charge is 0.416 e. The summed E-state index contributed by atoms with van der Waals surface area (Å²) < 4.78 is 46.5. The fourth-order valence-electron chi connectivity index (χ4n) is 4.59. The van der Waals surface area contributed by atoms with E-state index in [1.54, 1.807) is 6.92 Å². The van der Waals surface area contributed by atoms with Crippen molar-refractivity contribution < 1.29 is 27.8 Å². The minimum absolute atomic E-state index is 0.0533. The van der Waals surface area contributed by atoms with Crippen molar-refractivity contribution in [2.45, 2.75) is 63.8 Å². The van der Waals surface area contributed by atoms with Crippen molar-refractivity contribution in [3.8, 4) is 17.0 Å². The molecule has 2 aliphatic carbocycles. The summed E-state index contributed by atoms with van der Waals surface area (Å²) >= 11 is 0. The summed E-state index contributed by atoms with van der Waals surface area (Å²) in [5, 5.41) is 12.7. The van der Waals surface area contributed by atoms with Gasteiger partial charge in [0.25, 0.3) is 5.91 Å². The van der Waals surface area contributed by atoms with Crippen LogP contribution in [0.15, 0.2) is 24.5 Å². The number of hydrogen-bond donors (Lipinski definition) is 3. The Morgan fingerprint density at radius 3 is 2.60 bits per heavy atom. The van der Waals surface area contributed by atoms with Crippen LogP contribution in [0.3, 0.4) is 0 Å². The molecule has 0 bridgehead atoms. The third kappa shape index (κ3) is 4.98. The molecule has 0 unspecified atom stereocenters. The molecule has 2 heterocycles. The molecule has 186 valence electrons. The van der Waals surface area contributed by atoms with Crippen LogP contribution in [0.5, 0.6) is 5.75 Å². The van der Waals surface area contributed by atoms with Crippen LogP contribution in [0.4, 0.5) is 13.2 Å². The Labute approximate surface area is 200 Å². The van der Waals surface area contributed by atoms with Crippen LogP contribution < -0.4 is 10.1 Å². The highest BCUT2D eigenvalue weighted by atomic mass is 19.4. The van der Waals surface area contributed by atoms with Crippen molar-refractivity contribution in [2.75, 3.05) is 6.61 Å². The van der Waals surface area contributed by atoms with Crippen LogP contribution in [0.1, 0.15) is 60.1 Å². The number of carbonyl (C=O) groups excluding carboxylic acids is 1. The first-order valence-corrected chi connectivity index (χ1v) is 11.9. The van der Waals surface area contributed by atoms with Crippen LogP contribution >= 0.6 is 0 Å². The molecule has 35 heavy (non-hydrogen) atoms. The lowest BCUT2D eigenvalue weighted by Gasteiger charge is -2.26. The Bertz CT molecular complexity index is 1240. The monoisotopic (exact) mass is 488 g/mol. The molecule has 1 amide bonds. The first kappa shape index (κ1) is 23.6. The molecule has 0 aliphatic heterocycles. The number of aryl methyl sites for hydroxylation is 1. The number of carbonyl (C=O) groups is 1. The first-order valence-electron chi connectivity index (χ1n) is 11.9. The molecule has 0 saturated heterocycles. The summed E-state index contributed by atoms with van der Waals surface area (Å²) in [4.78, 5) is 24.9. The van der Waals surface area contributed by atoms with Crippen LogP contribution in [0.25, 0.3) is 22.3 Å². The normalized spacial score (nSPS) is 20.7. The summed E-state index contributed by atoms with van der Waals surface area (Å²) in [7, 11) is 0. The quantitative estimate of drug-likeness (QED) is 0.464. The maximum Gasteiger partial charge on any atom is 0.416 e. The van der Waals surface area contributed by atoms with E-state index in [2.05, 4.69) is 20.3 Å². The predicted octanol–water partition coefficient (Wildman–Crippen LogP) is 4.77. The van der Waals surface area contributed by atoms with Crippen LogP contribution in [0.2, 0.25) is 0 Å². The second kappa shape index (κ2) is 9.14. The number of aromatic amines is 1. The van der Waals surface area contributed by atoms with E-state index in [1.165, 1.54) is 12.4 Å². The predicted molar refractivity (Wildman–Crippen MR) is 123 cm³/mol. The van der Waals surface area contributed by atoms with Crippen molar-refractivity contribution in [3.63, 3.8) is 0 Å². The standard InChI is InChI=1S/C25H27F3N4O3/c1-13-20(24(34)32-16-5-7-17(33)8-6-16)22-23(31-13)21(29-12-30-22)18-10-15(25(26,27)28)4-9-19(18)35-11-14-2-3-14/h4,9-10,12,14,16-17,31,33H,2-3,5-8,11H2,1H3,(H,32,34)/t16-,17-. The van der Waals surface area contributed by atoms with Gasteiger partial charge in [-0.05, 0) is 69.6 Å². The van der Waals surface area contributed by atoms with Gasteiger partial charge in [-0.3, -0.25) is 4.79 Å². The van der Waals surface area contributed by atoms with E-state index in [0.29, 0.717) is 66.2 Å². The highest BCUT2D eigenvalue weighted by Crippen LogP contribution is 2.40. The molecule has 3 aromatic rings. The van der Waals surface area contributed by atoms with E-state index in [9.17, 15) is 23.1 Å². The maximum atomic E-state index is 13.5. The fourth-order valence-corrected chi connectivity index (χ4v) is 4.59. The molecule has 0 radical (unpaired) electrons. The van der Waals surface area contributed by atoms with E-state index in [-0.39, 0.29) is 29.3 Å². The van der Waals surface area contributed by atoms with Crippen molar-refractivity contribution in [1.82, 2.24) is 20.3 Å². The summed E-state index contributed by atoms with van der Waals surface area (Å²) in [6.45, 7) is 2.15. The number of benzene rings is 1. The van der Waals surface area contributed by atoms with Gasteiger partial charge < -0.3 is 20.1 Å². The number of aromatic nitrogens is 3. The topological polar surface area (TPSA) is 100 Å². The van der Waals surface area contributed by atoms with Gasteiger partial charge in [0, 0.05) is 17.3 Å². The van der Waals surface area contributed by atoms with Crippen molar-refractivity contribution >= 4 is 16.9 Å². The Kier molecular flexibility index (Phi) is 6.16. The molecule has 7 nitrogen and oxygen atoms in total. The lowest BCUT2D eigenvalue weighted by atomic mass is 9.93. The van der Waals surface area contributed by atoms with E-state index in [1.807, 2.05) is 0 Å². The molecule has 2 saturated carbocycles. The van der Waals surface area contributed by atoms with Gasteiger partial charge in [-0.2, -0.15) is 13.2 Å². The number of alkyl halides is 3. The highest BCUT2D eigenvalue weighted by Gasteiger charge is 2.33. The van der Waals surface area contributed by atoms with E-state index in [4.69, 9.17) is 4.74 Å². The number of hydrogen-bond acceptors (Lipinski definition) is 5. The number of nitrogens with zero attached hydrogens (tertiary/aromatic N) is 2. The largest absolute Gasteiger partial charge is 0.493 e. The van der Waals surface area contributed by atoms with Gasteiger partial charge in [-0.25, -0.2) is 9.97 Å². The number of halogens is 3. The zero-order chi connectivity index (χ0) is 24.7. The fraction of sp³-hybridized carbons (Fsp3) is 0.480. The average molecular weight is 489 g/mol. The van der Waals surface area contributed by atoms with E-state index < -0.39 is 11.7 Å². The second-order valence-corrected chi connectivity index (χ2v) is 9.51. The molecule has 2 aromatic heterocycles. The zero-order valence-electron chi connectivity index (χ0n) is 19.3. The number of rotatable bonds is 6. The lowest BCUT2D eigenvalue weighted by molar-refractivity contribution is -0.137. The van der Waals surface area contributed by atoms with Gasteiger partial charge in [0.15, 0.2) is 0 Å². The Hall–Kier alpha value is -3.14. The van der Waals surface area contributed by atoms with Gasteiger partial charge in [0.05, 0.1) is 29.4 Å². The Morgan fingerprint density at radius 2 is 1.91 bits per heavy atom. The molecule has 1 aromatic carbocycles. The van der Waals surface area contributed by atoms with Crippen molar-refractivity contribution in [3.05, 3.63) is 41.3 Å². The van der Waals surface area contributed by atoms with Crippen LogP contribution in [-0.2, 0) is 6.18 Å². The number of ether oxygens (including phenoxy) is 1. The van der Waals surface area contributed by atoms with Crippen LogP contribution in [-0.4, -0.2) is 44.7 Å². The van der Waals surface area contributed by atoms with Gasteiger partial charge in [0.1, 0.15) is 23.3 Å². The van der Waals surface area contributed by atoms with Crippen LogP contribution in [0, 0.1) is 12.8 Å². The minimum Gasteiger partial charge on any atom is -0.493 e. The van der Waals surface area contributed by atoms with Gasteiger partial charge in [0.2, 0.25) is 0 Å². The third-order valence-electron chi connectivity index (χ3n) is 6.76. The van der Waals surface area contributed by atoms with Gasteiger partial charge in [-0.15, -0.1) is 0 Å². The molecule has 2 fully saturated rings. The molecule has 10 heteroatoms. The van der Waals surface area contributed by atoms with Gasteiger partial charge in [-0.1, -0.05) is 0 Å². The average Bonchev–Trinajstić information content (AvgIpc) is 3.58. The van der Waals surface area contributed by atoms with Crippen molar-refractivity contribution in [1.29, 1.82) is 0 Å². The van der Waals surface area contributed by atoms with E-state index in [0.717, 1.165) is 25.0 Å². The Morgan fingerprint density at radius 1 is 1.17 bits per heavy atom. The molecule has 5 rings (SSSR count). The number of amides is 1. The summed E-state index contributed by atoms with van der Waals surface area (Å²) in [5.74, 6) is 0.414. The maximum absolute atomic E-state index is 13.5. The molecular weight excluding hydrogens is 461 g/mol. The Balaban J connectivity index is 1.53. The second-order valence-electron chi connectivity index (χ2n) is 9.51. The number of H-pyrrole nitrogens is 1. The number of aliphatic hydroxyl groups excluding tert-OH is 1. The third-order valence-corrected chi connectivity index (χ3v) is 6.76. The zero-order valence-corrected chi connectivity index (χ0v) is 19.3. The molecular formula is C25H27F3N4O3. The number of nitrogens with one attached hydrogen (secondary N) is 2. The van der Waals surface area contributed by atoms with Gasteiger partial charge >= 0.3 is 6.18 Å².